The summed E-state index contributed by atoms with van der Waals surface area (Å²) in [6.07, 6.45) is 3.06. The van der Waals surface area contributed by atoms with Gasteiger partial charge >= 0.3 is 0 Å². The van der Waals surface area contributed by atoms with E-state index in [1.165, 1.54) is 51.6 Å². The maximum Gasteiger partial charge on any atom is 0.162 e. The number of benzene rings is 5. The lowest BCUT2D eigenvalue weighted by molar-refractivity contribution is 0.769. The third-order valence-electron chi connectivity index (χ3n) is 7.42. The Balaban J connectivity index is 1.43. The lowest BCUT2D eigenvalue weighted by Crippen LogP contribution is -2.28. The van der Waals surface area contributed by atoms with Crippen molar-refractivity contribution in [2.24, 2.45) is 0 Å². The van der Waals surface area contributed by atoms with E-state index >= 15 is 0 Å². The zero-order valence-corrected chi connectivity index (χ0v) is 20.1. The third-order valence-corrected chi connectivity index (χ3v) is 7.42. The number of hydrogen-bond donors (Lipinski definition) is 0. The maximum absolute atomic E-state index is 4.28. The summed E-state index contributed by atoms with van der Waals surface area (Å²) < 4.78 is 0. The molecular formula is C34H23N3. The number of aromatic nitrogens is 3. The molecule has 5 aromatic carbocycles. The topological polar surface area (TPSA) is 38.7 Å². The Morgan fingerprint density at radius 2 is 1.00 bits per heavy atom. The predicted octanol–water partition coefficient (Wildman–Crippen LogP) is 7.57. The molecule has 0 radical (unpaired) electrons. The fourth-order valence-electron chi connectivity index (χ4n) is 5.84. The van der Waals surface area contributed by atoms with Crippen molar-refractivity contribution in [1.82, 2.24) is 15.0 Å². The Kier molecular flexibility index (Phi) is 5.00. The largest absolute Gasteiger partial charge is 0.225 e. The van der Waals surface area contributed by atoms with Crippen LogP contribution in [0.1, 0.15) is 22.3 Å². The Hall–Kier alpha value is -4.89. The number of fused-ring (bicyclic) bond motifs is 3. The van der Waals surface area contributed by atoms with Gasteiger partial charge in [0.2, 0.25) is 0 Å². The van der Waals surface area contributed by atoms with Crippen LogP contribution in [0.25, 0.3) is 33.6 Å². The molecule has 1 aliphatic rings. The van der Waals surface area contributed by atoms with Crippen LogP contribution in [0.15, 0.2) is 140 Å². The average molecular weight is 474 g/mol. The van der Waals surface area contributed by atoms with Crippen molar-refractivity contribution in [3.05, 3.63) is 162 Å². The molecule has 7 rings (SSSR count). The molecule has 0 unspecified atom stereocenters. The summed E-state index contributed by atoms with van der Waals surface area (Å²) in [5.41, 5.74) is 10.7. The standard InChI is InChI=1S/C34H23N3/c1-2-10-27(11-3-1)34(31-15-6-4-13-29(31)30-14-5-7-16-32(30)34)28-12-8-9-26(21-28)24-17-19-25(20-18-24)33-36-22-35-23-37-33/h1-23H. The lowest BCUT2D eigenvalue weighted by atomic mass is 9.67. The van der Waals surface area contributed by atoms with E-state index in [2.05, 4.69) is 142 Å². The Morgan fingerprint density at radius 1 is 0.432 bits per heavy atom. The molecule has 3 heteroatoms. The number of nitrogens with zero attached hydrogens (tertiary/aromatic N) is 3. The molecule has 0 saturated heterocycles. The molecule has 1 aromatic heterocycles. The van der Waals surface area contributed by atoms with Crippen molar-refractivity contribution >= 4 is 0 Å². The van der Waals surface area contributed by atoms with Gasteiger partial charge in [0.15, 0.2) is 5.82 Å². The average Bonchev–Trinajstić information content (AvgIpc) is 3.30. The van der Waals surface area contributed by atoms with Crippen molar-refractivity contribution < 1.29 is 0 Å². The second-order valence-corrected chi connectivity index (χ2v) is 9.33. The molecule has 37 heavy (non-hydrogen) atoms. The lowest BCUT2D eigenvalue weighted by Gasteiger charge is -2.34. The molecular weight excluding hydrogens is 450 g/mol. The number of hydrogen-bond acceptors (Lipinski definition) is 3. The molecule has 0 saturated carbocycles. The highest BCUT2D eigenvalue weighted by atomic mass is 15.0. The molecule has 0 aliphatic heterocycles. The van der Waals surface area contributed by atoms with Crippen LogP contribution in [-0.4, -0.2) is 15.0 Å². The van der Waals surface area contributed by atoms with E-state index in [9.17, 15) is 0 Å². The summed E-state index contributed by atoms with van der Waals surface area (Å²) in [5, 5.41) is 0. The van der Waals surface area contributed by atoms with Gasteiger partial charge in [-0.05, 0) is 50.6 Å². The molecule has 1 heterocycles. The highest BCUT2D eigenvalue weighted by molar-refractivity contribution is 5.86. The molecule has 6 aromatic rings. The van der Waals surface area contributed by atoms with Gasteiger partial charge in [-0.1, -0.05) is 121 Å². The molecule has 3 nitrogen and oxygen atoms in total. The normalized spacial score (nSPS) is 13.1. The second kappa shape index (κ2) is 8.65. The minimum Gasteiger partial charge on any atom is -0.225 e. The fourth-order valence-corrected chi connectivity index (χ4v) is 5.84. The summed E-state index contributed by atoms with van der Waals surface area (Å²) in [6.45, 7) is 0. The van der Waals surface area contributed by atoms with Crippen molar-refractivity contribution in [3.63, 3.8) is 0 Å². The summed E-state index contributed by atoms with van der Waals surface area (Å²) in [7, 11) is 0. The minimum absolute atomic E-state index is 0.394. The molecule has 0 bridgehead atoms. The zero-order valence-electron chi connectivity index (χ0n) is 20.1. The van der Waals surface area contributed by atoms with Crippen LogP contribution >= 0.6 is 0 Å². The van der Waals surface area contributed by atoms with Crippen LogP contribution in [0, 0.1) is 0 Å². The van der Waals surface area contributed by atoms with Crippen molar-refractivity contribution in [2.75, 3.05) is 0 Å². The smallest absolute Gasteiger partial charge is 0.162 e. The second-order valence-electron chi connectivity index (χ2n) is 9.33. The minimum atomic E-state index is -0.394. The van der Waals surface area contributed by atoms with Crippen LogP contribution in [0.5, 0.6) is 0 Å². The first-order valence-electron chi connectivity index (χ1n) is 12.4. The summed E-state index contributed by atoms with van der Waals surface area (Å²) >= 11 is 0. The summed E-state index contributed by atoms with van der Waals surface area (Å²) in [4.78, 5) is 12.5. The predicted molar refractivity (Wildman–Crippen MR) is 148 cm³/mol. The molecule has 0 fully saturated rings. The van der Waals surface area contributed by atoms with Crippen molar-refractivity contribution in [2.45, 2.75) is 5.41 Å². The fraction of sp³-hybridized carbons (Fsp3) is 0.0294. The van der Waals surface area contributed by atoms with Gasteiger partial charge < -0.3 is 0 Å². The van der Waals surface area contributed by atoms with E-state index in [0.717, 1.165) is 11.1 Å². The van der Waals surface area contributed by atoms with Gasteiger partial charge in [-0.15, -0.1) is 0 Å². The molecule has 174 valence electrons. The summed E-state index contributed by atoms with van der Waals surface area (Å²) in [6, 6.07) is 46.0. The first kappa shape index (κ1) is 21.4. The van der Waals surface area contributed by atoms with Crippen LogP contribution < -0.4 is 0 Å². The SMILES string of the molecule is c1ccc(C2(c3cccc(-c4ccc(-c5ncncn5)cc4)c3)c3ccccc3-c3ccccc32)cc1. The first-order valence-corrected chi connectivity index (χ1v) is 12.4. The monoisotopic (exact) mass is 473 g/mol. The van der Waals surface area contributed by atoms with Crippen LogP contribution in [0.3, 0.4) is 0 Å². The van der Waals surface area contributed by atoms with E-state index in [4.69, 9.17) is 0 Å². The summed E-state index contributed by atoms with van der Waals surface area (Å²) in [5.74, 6) is 0.678. The van der Waals surface area contributed by atoms with Crippen LogP contribution in [0.2, 0.25) is 0 Å². The quantitative estimate of drug-likeness (QED) is 0.265. The number of rotatable bonds is 4. The van der Waals surface area contributed by atoms with Crippen molar-refractivity contribution in [3.8, 4) is 33.6 Å². The van der Waals surface area contributed by atoms with E-state index in [1.807, 2.05) is 0 Å². The van der Waals surface area contributed by atoms with Gasteiger partial charge in [-0.25, -0.2) is 15.0 Å². The van der Waals surface area contributed by atoms with Crippen LogP contribution in [-0.2, 0) is 5.41 Å². The Morgan fingerprint density at radius 3 is 1.68 bits per heavy atom. The Labute approximate surface area is 216 Å². The van der Waals surface area contributed by atoms with Gasteiger partial charge in [0.05, 0.1) is 5.41 Å². The molecule has 1 aliphatic carbocycles. The highest BCUT2D eigenvalue weighted by Gasteiger charge is 2.45. The first-order chi connectivity index (χ1) is 18.4. The van der Waals surface area contributed by atoms with Gasteiger partial charge in [-0.3, -0.25) is 0 Å². The maximum atomic E-state index is 4.28. The van der Waals surface area contributed by atoms with Crippen molar-refractivity contribution in [1.29, 1.82) is 0 Å². The van der Waals surface area contributed by atoms with E-state index < -0.39 is 5.41 Å². The molecule has 0 atom stereocenters. The highest BCUT2D eigenvalue weighted by Crippen LogP contribution is 2.56. The molecule has 0 spiro atoms. The van der Waals surface area contributed by atoms with E-state index in [0.29, 0.717) is 5.82 Å². The molecule has 0 amide bonds. The zero-order chi connectivity index (χ0) is 24.7. The Bertz CT molecular complexity index is 1660. The van der Waals surface area contributed by atoms with Gasteiger partial charge in [0, 0.05) is 5.56 Å². The third kappa shape index (κ3) is 3.32. The van der Waals surface area contributed by atoms with E-state index in [-0.39, 0.29) is 0 Å². The molecule has 0 N–H and O–H groups in total. The van der Waals surface area contributed by atoms with Gasteiger partial charge in [0.25, 0.3) is 0 Å². The van der Waals surface area contributed by atoms with E-state index in [1.54, 1.807) is 0 Å². The van der Waals surface area contributed by atoms with Gasteiger partial charge in [0.1, 0.15) is 12.7 Å². The van der Waals surface area contributed by atoms with Crippen LogP contribution in [0.4, 0.5) is 0 Å². The van der Waals surface area contributed by atoms with Gasteiger partial charge in [-0.2, -0.15) is 0 Å².